The first-order valence-corrected chi connectivity index (χ1v) is 6.64. The zero-order chi connectivity index (χ0) is 12.8. The summed E-state index contributed by atoms with van der Waals surface area (Å²) >= 11 is 1.53. The monoisotopic (exact) mass is 265 g/mol. The van der Waals surface area contributed by atoms with Crippen LogP contribution in [0.15, 0.2) is 33.9 Å². The summed E-state index contributed by atoms with van der Waals surface area (Å²) in [7, 11) is 0. The summed E-state index contributed by atoms with van der Waals surface area (Å²) in [5.41, 5.74) is 6.43. The molecule has 0 aliphatic carbocycles. The van der Waals surface area contributed by atoms with Gasteiger partial charge in [-0.3, -0.25) is 0 Å². The van der Waals surface area contributed by atoms with Crippen LogP contribution in [-0.2, 0) is 0 Å². The molecule has 0 saturated heterocycles. The molecule has 18 heavy (non-hydrogen) atoms. The molecule has 5 nitrogen and oxygen atoms in total. The van der Waals surface area contributed by atoms with Gasteiger partial charge >= 0.3 is 0 Å². The molecule has 0 fully saturated rings. The van der Waals surface area contributed by atoms with Gasteiger partial charge in [-0.2, -0.15) is 0 Å². The van der Waals surface area contributed by atoms with Gasteiger partial charge in [0.15, 0.2) is 0 Å². The Kier molecular flexibility index (Phi) is 4.46. The molecule has 2 aromatic rings. The van der Waals surface area contributed by atoms with Crippen LogP contribution in [0, 0.1) is 6.92 Å². The smallest absolute Gasteiger partial charge is 0.276 e. The Hall–Kier alpha value is -1.69. The van der Waals surface area contributed by atoms with E-state index < -0.39 is 0 Å². The lowest BCUT2D eigenvalue weighted by molar-refractivity contribution is 0.320. The van der Waals surface area contributed by atoms with Gasteiger partial charge in [0.2, 0.25) is 5.89 Å². The minimum Gasteiger partial charge on any atom is -0.491 e. The van der Waals surface area contributed by atoms with Crippen molar-refractivity contribution in [3.8, 4) is 5.75 Å². The second-order valence-corrected chi connectivity index (χ2v) is 4.72. The SMILES string of the molecule is Cc1nnc(SCCCOc2ccccc2N)o1. The average Bonchev–Trinajstić information content (AvgIpc) is 2.77. The van der Waals surface area contributed by atoms with Crippen LogP contribution in [-0.4, -0.2) is 22.6 Å². The Morgan fingerprint density at radius 2 is 2.17 bits per heavy atom. The minimum absolute atomic E-state index is 0.589. The Balaban J connectivity index is 1.66. The number of para-hydroxylation sites is 2. The molecule has 0 spiro atoms. The molecule has 1 aromatic heterocycles. The Morgan fingerprint density at radius 3 is 2.89 bits per heavy atom. The molecule has 1 heterocycles. The number of anilines is 1. The second-order valence-electron chi connectivity index (χ2n) is 3.68. The van der Waals surface area contributed by atoms with E-state index in [4.69, 9.17) is 14.9 Å². The number of nitrogens with zero attached hydrogens (tertiary/aromatic N) is 2. The molecular formula is C12H15N3O2S. The standard InChI is InChI=1S/C12H15N3O2S/c1-9-14-15-12(17-9)18-8-4-7-16-11-6-3-2-5-10(11)13/h2-3,5-6H,4,7-8,13H2,1H3. The third-order valence-corrected chi connectivity index (χ3v) is 3.10. The predicted molar refractivity (Wildman–Crippen MR) is 70.7 cm³/mol. The Bertz CT molecular complexity index is 502. The summed E-state index contributed by atoms with van der Waals surface area (Å²) in [6.07, 6.45) is 0.889. The molecule has 0 saturated carbocycles. The van der Waals surface area contributed by atoms with E-state index in [1.54, 1.807) is 6.92 Å². The molecule has 2 rings (SSSR count). The molecule has 0 bridgehead atoms. The normalized spacial score (nSPS) is 10.5. The Morgan fingerprint density at radius 1 is 1.33 bits per heavy atom. The van der Waals surface area contributed by atoms with Gasteiger partial charge in [-0.25, -0.2) is 0 Å². The number of aromatic nitrogens is 2. The van der Waals surface area contributed by atoms with Crippen LogP contribution in [0.25, 0.3) is 0 Å². The van der Waals surface area contributed by atoms with E-state index in [0.717, 1.165) is 17.9 Å². The van der Waals surface area contributed by atoms with Crippen molar-refractivity contribution in [3.63, 3.8) is 0 Å². The van der Waals surface area contributed by atoms with Crippen molar-refractivity contribution >= 4 is 17.4 Å². The van der Waals surface area contributed by atoms with E-state index in [9.17, 15) is 0 Å². The number of hydrogen-bond acceptors (Lipinski definition) is 6. The van der Waals surface area contributed by atoms with E-state index in [-0.39, 0.29) is 0 Å². The van der Waals surface area contributed by atoms with Gasteiger partial charge in [-0.1, -0.05) is 23.9 Å². The van der Waals surface area contributed by atoms with Crippen LogP contribution in [0.2, 0.25) is 0 Å². The van der Waals surface area contributed by atoms with E-state index in [2.05, 4.69) is 10.2 Å². The van der Waals surface area contributed by atoms with E-state index in [0.29, 0.717) is 23.4 Å². The fraction of sp³-hybridized carbons (Fsp3) is 0.333. The lowest BCUT2D eigenvalue weighted by Gasteiger charge is -2.07. The van der Waals surface area contributed by atoms with Crippen molar-refractivity contribution in [2.24, 2.45) is 0 Å². The van der Waals surface area contributed by atoms with Crippen molar-refractivity contribution in [2.45, 2.75) is 18.6 Å². The van der Waals surface area contributed by atoms with Crippen LogP contribution in [0.4, 0.5) is 5.69 Å². The molecule has 6 heteroatoms. The fourth-order valence-electron chi connectivity index (χ4n) is 1.35. The van der Waals surface area contributed by atoms with E-state index >= 15 is 0 Å². The zero-order valence-corrected chi connectivity index (χ0v) is 10.9. The third-order valence-electron chi connectivity index (χ3n) is 2.20. The van der Waals surface area contributed by atoms with Gasteiger partial charge in [0, 0.05) is 12.7 Å². The number of ether oxygens (including phenoxy) is 1. The quantitative estimate of drug-likeness (QED) is 0.491. The molecule has 0 radical (unpaired) electrons. The highest BCUT2D eigenvalue weighted by Crippen LogP contribution is 2.21. The third kappa shape index (κ3) is 3.66. The van der Waals surface area contributed by atoms with Crippen LogP contribution in [0.5, 0.6) is 5.75 Å². The maximum absolute atomic E-state index is 5.77. The first kappa shape index (κ1) is 12.8. The highest BCUT2D eigenvalue weighted by molar-refractivity contribution is 7.99. The van der Waals surface area contributed by atoms with Crippen molar-refractivity contribution in [3.05, 3.63) is 30.2 Å². The number of hydrogen-bond donors (Lipinski definition) is 1. The molecule has 0 atom stereocenters. The summed E-state index contributed by atoms with van der Waals surface area (Å²) in [5, 5.41) is 8.26. The van der Waals surface area contributed by atoms with Gasteiger partial charge in [-0.05, 0) is 18.6 Å². The number of benzene rings is 1. The number of nitrogen functional groups attached to an aromatic ring is 1. The number of rotatable bonds is 6. The molecule has 0 amide bonds. The van der Waals surface area contributed by atoms with Crippen molar-refractivity contribution in [2.75, 3.05) is 18.1 Å². The summed E-state index contributed by atoms with van der Waals surface area (Å²) in [4.78, 5) is 0. The van der Waals surface area contributed by atoms with Gasteiger partial charge in [0.05, 0.1) is 12.3 Å². The van der Waals surface area contributed by atoms with Crippen LogP contribution in [0.1, 0.15) is 12.3 Å². The minimum atomic E-state index is 0.589. The predicted octanol–water partition coefficient (Wildman–Crippen LogP) is 2.52. The molecule has 0 aliphatic heterocycles. The topological polar surface area (TPSA) is 74.2 Å². The maximum atomic E-state index is 5.77. The Labute approximate surface area is 110 Å². The number of thioether (sulfide) groups is 1. The van der Waals surface area contributed by atoms with E-state index in [1.165, 1.54) is 11.8 Å². The molecule has 2 N–H and O–H groups in total. The van der Waals surface area contributed by atoms with Gasteiger partial charge in [0.25, 0.3) is 5.22 Å². The molecule has 0 unspecified atom stereocenters. The molecule has 0 aliphatic rings. The number of aryl methyl sites for hydroxylation is 1. The lowest BCUT2D eigenvalue weighted by Crippen LogP contribution is -2.01. The molecular weight excluding hydrogens is 250 g/mol. The first-order valence-electron chi connectivity index (χ1n) is 5.66. The highest BCUT2D eigenvalue weighted by atomic mass is 32.2. The van der Waals surface area contributed by atoms with Crippen molar-refractivity contribution < 1.29 is 9.15 Å². The average molecular weight is 265 g/mol. The summed E-state index contributed by atoms with van der Waals surface area (Å²) < 4.78 is 10.8. The van der Waals surface area contributed by atoms with Gasteiger partial charge in [0.1, 0.15) is 5.75 Å². The van der Waals surface area contributed by atoms with Crippen molar-refractivity contribution in [1.82, 2.24) is 10.2 Å². The van der Waals surface area contributed by atoms with Crippen molar-refractivity contribution in [1.29, 1.82) is 0 Å². The van der Waals surface area contributed by atoms with Gasteiger partial charge in [-0.15, -0.1) is 10.2 Å². The summed E-state index contributed by atoms with van der Waals surface area (Å²) in [6.45, 7) is 2.40. The second kappa shape index (κ2) is 6.30. The van der Waals surface area contributed by atoms with Crippen LogP contribution < -0.4 is 10.5 Å². The largest absolute Gasteiger partial charge is 0.491 e. The number of nitrogens with two attached hydrogens (primary N) is 1. The summed E-state index contributed by atoms with van der Waals surface area (Å²) in [5.74, 6) is 2.19. The lowest BCUT2D eigenvalue weighted by atomic mass is 10.3. The van der Waals surface area contributed by atoms with Crippen LogP contribution in [0.3, 0.4) is 0 Å². The van der Waals surface area contributed by atoms with E-state index in [1.807, 2.05) is 24.3 Å². The highest BCUT2D eigenvalue weighted by Gasteiger charge is 2.03. The van der Waals surface area contributed by atoms with Crippen LogP contribution >= 0.6 is 11.8 Å². The fourth-order valence-corrected chi connectivity index (χ4v) is 2.06. The van der Waals surface area contributed by atoms with Gasteiger partial charge < -0.3 is 14.9 Å². The first-order chi connectivity index (χ1) is 8.75. The zero-order valence-electron chi connectivity index (χ0n) is 10.1. The molecule has 96 valence electrons. The molecule has 1 aromatic carbocycles. The summed E-state index contributed by atoms with van der Waals surface area (Å²) in [6, 6.07) is 7.48. The maximum Gasteiger partial charge on any atom is 0.276 e.